The van der Waals surface area contributed by atoms with Crippen LogP contribution in [0, 0.1) is 6.92 Å². The lowest BCUT2D eigenvalue weighted by atomic mass is 9.83. The van der Waals surface area contributed by atoms with E-state index in [0.717, 1.165) is 74.4 Å². The summed E-state index contributed by atoms with van der Waals surface area (Å²) in [5.41, 5.74) is 3.57. The smallest absolute Gasteiger partial charge is 0.490 e. The third-order valence-corrected chi connectivity index (χ3v) is 18.0. The lowest BCUT2D eigenvalue weighted by Crippen LogP contribution is -2.33. The number of aliphatic hydroxyl groups is 1. The van der Waals surface area contributed by atoms with Crippen LogP contribution in [0.15, 0.2) is 116 Å². The van der Waals surface area contributed by atoms with E-state index in [1.165, 1.54) is 24.3 Å². The van der Waals surface area contributed by atoms with Gasteiger partial charge in [0.15, 0.2) is 0 Å². The summed E-state index contributed by atoms with van der Waals surface area (Å²) in [6.07, 6.45) is 7.45. The molecule has 2 aromatic carbocycles. The number of ether oxygens (including phenoxy) is 1. The Bertz CT molecular complexity index is 3600. The van der Waals surface area contributed by atoms with Gasteiger partial charge in [-0.05, 0) is 75.1 Å². The van der Waals surface area contributed by atoms with Crippen LogP contribution in [0.5, 0.6) is 0 Å². The van der Waals surface area contributed by atoms with Crippen LogP contribution in [0.2, 0.25) is 0 Å². The molecule has 79 heavy (non-hydrogen) atoms. The Morgan fingerprint density at radius 2 is 1.68 bits per heavy atom. The highest BCUT2D eigenvalue weighted by Crippen LogP contribution is 2.66. The van der Waals surface area contributed by atoms with Crippen molar-refractivity contribution in [3.8, 4) is 22.6 Å². The largest absolute Gasteiger partial charge is 0.744 e. The molecule has 1 amide bonds. The van der Waals surface area contributed by atoms with Crippen LogP contribution in [-0.4, -0.2) is 98.1 Å². The molecule has 28 heteroatoms. The number of aromatic nitrogens is 2. The number of amides is 1. The van der Waals surface area contributed by atoms with Crippen molar-refractivity contribution < 1.29 is 78.4 Å². The molecule has 3 aromatic rings. The average Bonchev–Trinajstić information content (AvgIpc) is 3.97. The molecule has 4 aliphatic rings. The number of unbranched alkanes of at least 4 members (excludes halogenated alkanes) is 2. The van der Waals surface area contributed by atoms with E-state index in [0.29, 0.717) is 31.4 Å². The summed E-state index contributed by atoms with van der Waals surface area (Å²) in [4.78, 5) is 78.8. The molecule has 5 atom stereocenters. The first-order chi connectivity index (χ1) is 37.1. The molecule has 1 fully saturated rings. The van der Waals surface area contributed by atoms with Crippen molar-refractivity contribution in [3.63, 3.8) is 0 Å². The van der Waals surface area contributed by atoms with Gasteiger partial charge in [-0.15, -0.1) is 0 Å². The number of benzene rings is 3. The van der Waals surface area contributed by atoms with Crippen LogP contribution < -0.4 is 31.4 Å². The molecule has 24 nitrogen and oxygen atoms in total. The van der Waals surface area contributed by atoms with Gasteiger partial charge in [-0.2, -0.15) is 8.62 Å². The molecule has 0 spiro atoms. The topological polar surface area (TPSA) is 350 Å². The number of hydrogen-bond donors (Lipinski definition) is 7. The number of anilines is 1. The second kappa shape index (κ2) is 25.0. The maximum Gasteiger partial charge on any atom is 0.490 e. The zero-order valence-corrected chi connectivity index (χ0v) is 47.2. The van der Waals surface area contributed by atoms with Gasteiger partial charge in [0.1, 0.15) is 47.1 Å². The van der Waals surface area contributed by atoms with Gasteiger partial charge in [0.25, 0.3) is 5.56 Å². The quantitative estimate of drug-likeness (QED) is 0.0170. The van der Waals surface area contributed by atoms with Crippen molar-refractivity contribution in [2.45, 2.75) is 95.5 Å². The normalized spacial score (nSPS) is 19.6. The summed E-state index contributed by atoms with van der Waals surface area (Å²) in [7, 11) is -21.7. The highest BCUT2D eigenvalue weighted by Gasteiger charge is 2.44. The molecule has 1 aliphatic carbocycles. The first kappa shape index (κ1) is 60.9. The molecule has 7 rings (SSSR count). The Balaban J connectivity index is 0.986. The minimum Gasteiger partial charge on any atom is -0.744 e. The van der Waals surface area contributed by atoms with Gasteiger partial charge in [0.2, 0.25) is 11.3 Å². The van der Waals surface area contributed by atoms with E-state index >= 15 is 0 Å². The van der Waals surface area contributed by atoms with Crippen molar-refractivity contribution >= 4 is 57.3 Å². The molecule has 1 aromatic heterocycles. The van der Waals surface area contributed by atoms with Crippen LogP contribution >= 0.6 is 23.5 Å². The Kier molecular flexibility index (Phi) is 19.3. The molecule has 2 unspecified atom stereocenters. The number of phosphoric ester groups is 1. The molecule has 7 N–H and O–H groups in total. The van der Waals surface area contributed by atoms with Gasteiger partial charge in [0, 0.05) is 71.7 Å². The maximum atomic E-state index is 12.9. The van der Waals surface area contributed by atoms with E-state index in [2.05, 4.69) is 71.0 Å². The zero-order chi connectivity index (χ0) is 57.7. The summed E-state index contributed by atoms with van der Waals surface area (Å²) in [6, 6.07) is 20.6. The third-order valence-electron chi connectivity index (χ3n) is 13.4. The van der Waals surface area contributed by atoms with Gasteiger partial charge in [0.05, 0.1) is 29.2 Å². The number of carbonyl (C=O) groups is 1. The van der Waals surface area contributed by atoms with Gasteiger partial charge < -0.3 is 48.6 Å². The lowest BCUT2D eigenvalue weighted by molar-refractivity contribution is -0.121. The fourth-order valence-corrected chi connectivity index (χ4v) is 13.0. The SMILES string of the molecule is CC[N+](CC)=c1ccc2c(/C=C/C=C3/N(CCCCCC(=O)NC/C=C/c4cn([C@H]5C[C@H](O)[C@@H](COP(=O)(O)OP(=O)(O)OP(=O)(O)O)O5)c(=O)[nH]c4=O)c4ccc(S(=O)(=O)[O-])cc4C3(C)C)c(C)c(-c3ccccc3)oc-2c1. The zero-order valence-electron chi connectivity index (χ0n) is 43.7. The van der Waals surface area contributed by atoms with Crippen LogP contribution in [0.25, 0.3) is 34.8 Å². The van der Waals surface area contributed by atoms with Gasteiger partial charge in [-0.3, -0.25) is 23.7 Å². The highest BCUT2D eigenvalue weighted by molar-refractivity contribution is 7.85. The van der Waals surface area contributed by atoms with Crippen LogP contribution in [0.1, 0.15) is 88.3 Å². The molecule has 1 saturated heterocycles. The van der Waals surface area contributed by atoms with Gasteiger partial charge >= 0.3 is 29.2 Å². The number of H-pyrrole nitrogens is 1. The first-order valence-electron chi connectivity index (χ1n) is 25.0. The van der Waals surface area contributed by atoms with Crippen LogP contribution in [-0.2, 0) is 51.9 Å². The Morgan fingerprint density at radius 1 is 0.962 bits per heavy atom. The summed E-state index contributed by atoms with van der Waals surface area (Å²) >= 11 is 0. The molecule has 0 radical (unpaired) electrons. The summed E-state index contributed by atoms with van der Waals surface area (Å²) in [6.45, 7) is 11.4. The molecular formula is C51H62N5O19P3S. The van der Waals surface area contributed by atoms with Crippen molar-refractivity contribution in [2.24, 2.45) is 0 Å². The second-order valence-electron chi connectivity index (χ2n) is 19.1. The van der Waals surface area contributed by atoms with Crippen molar-refractivity contribution in [1.29, 1.82) is 0 Å². The summed E-state index contributed by atoms with van der Waals surface area (Å²) in [5.74, 6) is 1.19. The second-order valence-corrected chi connectivity index (χ2v) is 24.9. The number of nitrogens with one attached hydrogen (secondary N) is 2. The number of aromatic amines is 1. The van der Waals surface area contributed by atoms with E-state index in [4.69, 9.17) is 18.9 Å². The Hall–Kier alpha value is -5.72. The molecule has 426 valence electrons. The molecule has 0 bridgehead atoms. The van der Waals surface area contributed by atoms with Crippen LogP contribution in [0.4, 0.5) is 5.69 Å². The van der Waals surface area contributed by atoms with E-state index in [-0.39, 0.29) is 35.8 Å². The predicted octanol–water partition coefficient (Wildman–Crippen LogP) is 6.00. The van der Waals surface area contributed by atoms with E-state index in [9.17, 15) is 55.9 Å². The average molecular weight is 1170 g/mol. The van der Waals surface area contributed by atoms with Crippen molar-refractivity contribution in [1.82, 2.24) is 19.4 Å². The minimum atomic E-state index is -5.80. The molecule has 3 aliphatic heterocycles. The summed E-state index contributed by atoms with van der Waals surface area (Å²) < 4.78 is 98.5. The number of phosphoric acid groups is 3. The lowest BCUT2D eigenvalue weighted by Gasteiger charge is -2.27. The predicted molar refractivity (Wildman–Crippen MR) is 290 cm³/mol. The fraction of sp³-hybridized carbons (Fsp3) is 0.373. The monoisotopic (exact) mass is 1170 g/mol. The molecular weight excluding hydrogens is 1110 g/mol. The molecule has 4 heterocycles. The van der Waals surface area contributed by atoms with E-state index in [1.807, 2.05) is 63.3 Å². The number of allylic oxidation sites excluding steroid dienone is 3. The van der Waals surface area contributed by atoms with Crippen molar-refractivity contribution in [2.75, 3.05) is 37.7 Å². The van der Waals surface area contributed by atoms with Gasteiger partial charge in [-0.1, -0.05) is 74.9 Å². The Labute approximate surface area is 454 Å². The van der Waals surface area contributed by atoms with E-state index in [1.54, 1.807) is 6.07 Å². The standard InChI is InChI=1S/C51H62N5O19P3S/c1-6-54(7-2)36-22-24-39-38(33(3)48(73-43(39)28-36)34-16-10-8-11-17-34)19-14-20-45-51(4,5)40-29-37(79(68,69)70)23-25-41(40)55(45)27-13-9-12-21-46(58)52-26-15-18-35-31-56(50(60)53-49(35)59)47-30-42(57)44(72-47)32-71-77(64,65)75-78(66,67)74-76(61,62)63/h8,10-11,14-20,22-25,28-29,31,42,44,47,57H,6-7,9,12-13,21,26-27,30,32H2,1-5H3,(H6-,52,53,58,59,60,61,62,63,64,65,66,67,68,69,70)/b18-15+/t42-,44+,47+/m0/s1. The number of aliphatic hydroxyl groups excluding tert-OH is 1. The van der Waals surface area contributed by atoms with Crippen molar-refractivity contribution in [3.05, 3.63) is 145 Å². The number of nitrogens with zero attached hydrogens (tertiary/aromatic N) is 3. The third kappa shape index (κ3) is 15.2. The number of rotatable bonds is 23. The van der Waals surface area contributed by atoms with Gasteiger partial charge in [-0.25, -0.2) is 31.5 Å². The fourth-order valence-electron chi connectivity index (χ4n) is 9.50. The maximum absolute atomic E-state index is 12.9. The Morgan fingerprint density at radius 3 is 2.37 bits per heavy atom. The first-order valence-corrected chi connectivity index (χ1v) is 30.9. The number of carbonyl (C=O) groups excluding carboxylic acids is 1. The molecule has 0 saturated carbocycles. The highest BCUT2D eigenvalue weighted by atomic mass is 32.2. The minimum absolute atomic E-state index is 0.000903. The number of fused-ring (bicyclic) bond motifs is 2. The summed E-state index contributed by atoms with van der Waals surface area (Å²) in [5, 5.41) is 14.3. The van der Waals surface area contributed by atoms with Crippen LogP contribution in [0.3, 0.4) is 0 Å². The number of hydrogen-bond acceptors (Lipinski definition) is 16. The van der Waals surface area contributed by atoms with E-state index < -0.39 is 75.3 Å².